The average Bonchev–Trinajstić information content (AvgIpc) is 3.25. The molecule has 0 spiro atoms. The first kappa shape index (κ1) is 21.0. The summed E-state index contributed by atoms with van der Waals surface area (Å²) in [4.78, 5) is 12.5. The van der Waals surface area contributed by atoms with Gasteiger partial charge >= 0.3 is 5.97 Å². The van der Waals surface area contributed by atoms with Crippen LogP contribution in [0.25, 0.3) is 0 Å². The standard InChI is InChI=1S/C16H26N6O4S/c1-5-8-9-22-15(17-18-19-22)12-26-16(23)14-10-13(11-20(14)4)27(24,25)21(6-2)7-3/h10-11H,5-9,12H2,1-4H3. The van der Waals surface area contributed by atoms with Crippen molar-refractivity contribution in [3.63, 3.8) is 0 Å². The van der Waals surface area contributed by atoms with E-state index in [0.717, 1.165) is 12.8 Å². The molecule has 0 fully saturated rings. The third-order valence-electron chi connectivity index (χ3n) is 4.19. The van der Waals surface area contributed by atoms with Gasteiger partial charge < -0.3 is 9.30 Å². The molecule has 0 aliphatic heterocycles. The smallest absolute Gasteiger partial charge is 0.355 e. The van der Waals surface area contributed by atoms with Crippen molar-refractivity contribution in [1.29, 1.82) is 0 Å². The van der Waals surface area contributed by atoms with Gasteiger partial charge in [0.2, 0.25) is 10.0 Å². The second-order valence-electron chi connectivity index (χ2n) is 6.01. The maximum Gasteiger partial charge on any atom is 0.355 e. The number of rotatable bonds is 10. The van der Waals surface area contributed by atoms with Gasteiger partial charge in [0.05, 0.1) is 0 Å². The van der Waals surface area contributed by atoms with Gasteiger partial charge in [0, 0.05) is 32.9 Å². The zero-order valence-electron chi connectivity index (χ0n) is 16.1. The third kappa shape index (κ3) is 4.72. The molecule has 11 heteroatoms. The van der Waals surface area contributed by atoms with Crippen molar-refractivity contribution in [2.24, 2.45) is 7.05 Å². The van der Waals surface area contributed by atoms with Crippen molar-refractivity contribution in [2.75, 3.05) is 13.1 Å². The molecule has 2 aromatic rings. The Hall–Kier alpha value is -2.27. The summed E-state index contributed by atoms with van der Waals surface area (Å²) in [5, 5.41) is 11.3. The summed E-state index contributed by atoms with van der Waals surface area (Å²) in [6, 6.07) is 1.33. The van der Waals surface area contributed by atoms with Crippen LogP contribution in [0.15, 0.2) is 17.2 Å². The first-order chi connectivity index (χ1) is 12.8. The monoisotopic (exact) mass is 398 g/mol. The quantitative estimate of drug-likeness (QED) is 0.553. The lowest BCUT2D eigenvalue weighted by Gasteiger charge is -2.17. The Morgan fingerprint density at radius 3 is 2.59 bits per heavy atom. The number of sulfonamides is 1. The highest BCUT2D eigenvalue weighted by molar-refractivity contribution is 7.89. The number of nitrogens with zero attached hydrogens (tertiary/aromatic N) is 6. The zero-order chi connectivity index (χ0) is 20.0. The molecule has 10 nitrogen and oxygen atoms in total. The molecule has 0 aromatic carbocycles. The fourth-order valence-electron chi connectivity index (χ4n) is 2.60. The van der Waals surface area contributed by atoms with E-state index in [1.807, 2.05) is 0 Å². The van der Waals surface area contributed by atoms with E-state index in [1.54, 1.807) is 25.6 Å². The fourth-order valence-corrected chi connectivity index (χ4v) is 4.13. The number of tetrazole rings is 1. The predicted octanol–water partition coefficient (Wildman–Crippen LogP) is 1.20. The van der Waals surface area contributed by atoms with E-state index in [9.17, 15) is 13.2 Å². The lowest BCUT2D eigenvalue weighted by molar-refractivity contribution is 0.0445. The van der Waals surface area contributed by atoms with Crippen LogP contribution in [0.4, 0.5) is 0 Å². The largest absolute Gasteiger partial charge is 0.453 e. The van der Waals surface area contributed by atoms with E-state index in [4.69, 9.17) is 4.74 Å². The molecule has 0 aliphatic carbocycles. The van der Waals surface area contributed by atoms with Crippen molar-refractivity contribution in [3.05, 3.63) is 23.8 Å². The average molecular weight is 398 g/mol. The molecule has 0 N–H and O–H groups in total. The lowest BCUT2D eigenvalue weighted by Crippen LogP contribution is -2.30. The Bertz CT molecular complexity index is 869. The number of carbonyl (C=O) groups is 1. The number of hydrogen-bond acceptors (Lipinski definition) is 7. The van der Waals surface area contributed by atoms with Crippen LogP contribution in [0, 0.1) is 0 Å². The molecule has 0 bridgehead atoms. The number of hydrogen-bond donors (Lipinski definition) is 0. The maximum atomic E-state index is 12.6. The van der Waals surface area contributed by atoms with Crippen LogP contribution < -0.4 is 0 Å². The first-order valence-corrected chi connectivity index (χ1v) is 10.4. The molecule has 0 unspecified atom stereocenters. The number of aromatic nitrogens is 5. The lowest BCUT2D eigenvalue weighted by atomic mass is 10.3. The fraction of sp³-hybridized carbons (Fsp3) is 0.625. The van der Waals surface area contributed by atoms with E-state index in [1.165, 1.54) is 21.1 Å². The van der Waals surface area contributed by atoms with E-state index in [0.29, 0.717) is 25.5 Å². The van der Waals surface area contributed by atoms with Crippen molar-refractivity contribution in [2.45, 2.75) is 51.7 Å². The summed E-state index contributed by atoms with van der Waals surface area (Å²) < 4.78 is 34.9. The topological polar surface area (TPSA) is 112 Å². The van der Waals surface area contributed by atoms with Crippen molar-refractivity contribution in [1.82, 2.24) is 29.1 Å². The molecule has 0 saturated heterocycles. The number of esters is 1. The second-order valence-corrected chi connectivity index (χ2v) is 7.95. The Labute approximate surface area is 159 Å². The Morgan fingerprint density at radius 1 is 1.26 bits per heavy atom. The first-order valence-electron chi connectivity index (χ1n) is 8.93. The molecule has 0 atom stereocenters. The summed E-state index contributed by atoms with van der Waals surface area (Å²) in [6.45, 7) is 6.86. The van der Waals surface area contributed by atoms with Crippen LogP contribution in [-0.2, 0) is 35.0 Å². The van der Waals surface area contributed by atoms with Gasteiger partial charge in [0.1, 0.15) is 10.6 Å². The summed E-state index contributed by atoms with van der Waals surface area (Å²) in [5.74, 6) is -0.189. The van der Waals surface area contributed by atoms with Gasteiger partial charge in [-0.25, -0.2) is 17.9 Å². The van der Waals surface area contributed by atoms with E-state index < -0.39 is 16.0 Å². The van der Waals surface area contributed by atoms with Crippen LogP contribution >= 0.6 is 0 Å². The Morgan fingerprint density at radius 2 is 1.96 bits per heavy atom. The molecule has 0 amide bonds. The van der Waals surface area contributed by atoms with Crippen molar-refractivity contribution in [3.8, 4) is 0 Å². The number of unbranched alkanes of at least 4 members (excludes halogenated alkanes) is 1. The predicted molar refractivity (Wildman–Crippen MR) is 97.4 cm³/mol. The summed E-state index contributed by atoms with van der Waals surface area (Å²) in [5.41, 5.74) is 0.147. The van der Waals surface area contributed by atoms with Crippen LogP contribution in [-0.4, -0.2) is 56.6 Å². The maximum absolute atomic E-state index is 12.6. The van der Waals surface area contributed by atoms with Gasteiger partial charge in [-0.15, -0.1) is 5.10 Å². The highest BCUT2D eigenvalue weighted by atomic mass is 32.2. The van der Waals surface area contributed by atoms with Crippen LogP contribution in [0.5, 0.6) is 0 Å². The van der Waals surface area contributed by atoms with Gasteiger partial charge in [-0.2, -0.15) is 4.31 Å². The SMILES string of the molecule is CCCCn1nnnc1COC(=O)c1cc(S(=O)(=O)N(CC)CC)cn1C. The van der Waals surface area contributed by atoms with Crippen LogP contribution in [0.2, 0.25) is 0 Å². The molecular formula is C16H26N6O4S. The molecule has 0 aliphatic rings. The number of aryl methyl sites for hydroxylation is 2. The molecule has 2 rings (SSSR count). The summed E-state index contributed by atoms with van der Waals surface area (Å²) in [6.07, 6.45) is 3.32. The third-order valence-corrected chi connectivity index (χ3v) is 6.21. The zero-order valence-corrected chi connectivity index (χ0v) is 16.9. The molecule has 2 heterocycles. The van der Waals surface area contributed by atoms with Crippen molar-refractivity contribution >= 4 is 16.0 Å². The highest BCUT2D eigenvalue weighted by Crippen LogP contribution is 2.19. The molecule has 27 heavy (non-hydrogen) atoms. The Kier molecular flexibility index (Phi) is 7.08. The minimum absolute atomic E-state index is 0.0634. The second kappa shape index (κ2) is 9.09. The highest BCUT2D eigenvalue weighted by Gasteiger charge is 2.26. The van der Waals surface area contributed by atoms with Gasteiger partial charge in [-0.3, -0.25) is 0 Å². The summed E-state index contributed by atoms with van der Waals surface area (Å²) in [7, 11) is -2.04. The number of carbonyl (C=O) groups excluding carboxylic acids is 1. The minimum atomic E-state index is -3.64. The van der Waals surface area contributed by atoms with E-state index in [2.05, 4.69) is 22.4 Å². The van der Waals surface area contributed by atoms with Gasteiger partial charge in [0.25, 0.3) is 0 Å². The van der Waals surface area contributed by atoms with Gasteiger partial charge in [-0.05, 0) is 22.9 Å². The van der Waals surface area contributed by atoms with Gasteiger partial charge in [-0.1, -0.05) is 27.2 Å². The van der Waals surface area contributed by atoms with Gasteiger partial charge in [0.15, 0.2) is 12.4 Å². The molecule has 0 radical (unpaired) electrons. The van der Waals surface area contributed by atoms with Crippen LogP contribution in [0.1, 0.15) is 49.9 Å². The molecular weight excluding hydrogens is 372 g/mol. The summed E-state index contributed by atoms with van der Waals surface area (Å²) >= 11 is 0. The molecule has 0 saturated carbocycles. The van der Waals surface area contributed by atoms with Crippen molar-refractivity contribution < 1.29 is 17.9 Å². The number of ether oxygens (including phenoxy) is 1. The normalized spacial score (nSPS) is 11.9. The Balaban J connectivity index is 2.12. The van der Waals surface area contributed by atoms with E-state index in [-0.39, 0.29) is 17.2 Å². The van der Waals surface area contributed by atoms with E-state index >= 15 is 0 Å². The van der Waals surface area contributed by atoms with Crippen LogP contribution in [0.3, 0.4) is 0 Å². The molecule has 150 valence electrons. The minimum Gasteiger partial charge on any atom is -0.453 e. The molecule has 2 aromatic heterocycles.